The lowest BCUT2D eigenvalue weighted by atomic mass is 10.1. The third kappa shape index (κ3) is 1.80. The number of hydrogen-bond donors (Lipinski definition) is 2. The summed E-state index contributed by atoms with van der Waals surface area (Å²) < 4.78 is 1.68. The van der Waals surface area contributed by atoms with E-state index in [0.717, 1.165) is 17.1 Å². The van der Waals surface area contributed by atoms with Gasteiger partial charge in [0.15, 0.2) is 5.82 Å². The average Bonchev–Trinajstić information content (AvgIpc) is 2.83. The van der Waals surface area contributed by atoms with Crippen molar-refractivity contribution in [2.75, 3.05) is 11.5 Å². The van der Waals surface area contributed by atoms with Crippen LogP contribution in [0.1, 0.15) is 11.4 Å². The van der Waals surface area contributed by atoms with Crippen molar-refractivity contribution in [3.8, 4) is 0 Å². The van der Waals surface area contributed by atoms with E-state index in [1.165, 1.54) is 11.3 Å². The number of fused-ring (bicyclic) bond motifs is 1. The molecule has 0 spiro atoms. The molecule has 17 heavy (non-hydrogen) atoms. The zero-order chi connectivity index (χ0) is 11.8. The van der Waals surface area contributed by atoms with Gasteiger partial charge in [0.2, 0.25) is 10.1 Å². The topological polar surface area (TPSA) is 95.1 Å². The summed E-state index contributed by atoms with van der Waals surface area (Å²) in [4.78, 5) is 0.716. The van der Waals surface area contributed by atoms with Gasteiger partial charge in [0, 0.05) is 12.1 Å². The van der Waals surface area contributed by atoms with Crippen molar-refractivity contribution in [2.45, 2.75) is 6.42 Å². The maximum atomic E-state index is 5.63. The van der Waals surface area contributed by atoms with Crippen LogP contribution in [0.15, 0.2) is 24.3 Å². The Kier molecular flexibility index (Phi) is 2.19. The Labute approximate surface area is 101 Å². The minimum atomic E-state index is 0.494. The quantitative estimate of drug-likeness (QED) is 0.656. The monoisotopic (exact) mass is 246 g/mol. The van der Waals surface area contributed by atoms with E-state index in [4.69, 9.17) is 11.5 Å². The van der Waals surface area contributed by atoms with E-state index in [0.29, 0.717) is 16.5 Å². The van der Waals surface area contributed by atoms with Gasteiger partial charge < -0.3 is 11.5 Å². The summed E-state index contributed by atoms with van der Waals surface area (Å²) in [5.41, 5.74) is 13.1. The summed E-state index contributed by atoms with van der Waals surface area (Å²) in [6.45, 7) is 0. The van der Waals surface area contributed by atoms with Gasteiger partial charge in [-0.15, -0.1) is 15.3 Å². The number of nitrogens with zero attached hydrogens (tertiary/aromatic N) is 4. The Morgan fingerprint density at radius 3 is 2.65 bits per heavy atom. The Morgan fingerprint density at radius 2 is 1.88 bits per heavy atom. The van der Waals surface area contributed by atoms with E-state index in [-0.39, 0.29) is 0 Å². The number of nitrogen functional groups attached to an aromatic ring is 2. The van der Waals surface area contributed by atoms with Crippen molar-refractivity contribution >= 4 is 27.1 Å². The molecule has 0 fully saturated rings. The second-order valence-electron chi connectivity index (χ2n) is 3.67. The van der Waals surface area contributed by atoms with E-state index in [1.54, 1.807) is 4.52 Å². The van der Waals surface area contributed by atoms with Gasteiger partial charge in [-0.05, 0) is 17.7 Å². The van der Waals surface area contributed by atoms with Crippen molar-refractivity contribution in [1.82, 2.24) is 19.8 Å². The fraction of sp³-hybridized carbons (Fsp3) is 0.100. The van der Waals surface area contributed by atoms with Crippen LogP contribution in [-0.2, 0) is 6.42 Å². The maximum absolute atomic E-state index is 5.63. The number of rotatable bonds is 2. The summed E-state index contributed by atoms with van der Waals surface area (Å²) in [5, 5.41) is 12.7. The maximum Gasteiger partial charge on any atom is 0.236 e. The zero-order valence-electron chi connectivity index (χ0n) is 8.87. The van der Waals surface area contributed by atoms with Gasteiger partial charge in [0.1, 0.15) is 0 Å². The molecule has 7 heteroatoms. The van der Waals surface area contributed by atoms with E-state index in [1.807, 2.05) is 24.3 Å². The van der Waals surface area contributed by atoms with Crippen molar-refractivity contribution < 1.29 is 0 Å². The van der Waals surface area contributed by atoms with E-state index in [9.17, 15) is 0 Å². The van der Waals surface area contributed by atoms with Crippen LogP contribution in [0, 0.1) is 0 Å². The van der Waals surface area contributed by atoms with Gasteiger partial charge in [0.25, 0.3) is 0 Å². The molecule has 0 saturated carbocycles. The smallest absolute Gasteiger partial charge is 0.236 e. The molecule has 6 nitrogen and oxygen atoms in total. The molecular weight excluding hydrogens is 236 g/mol. The molecule has 0 atom stereocenters. The molecule has 0 aliphatic rings. The normalized spacial score (nSPS) is 11.1. The predicted molar refractivity (Wildman–Crippen MR) is 66.7 cm³/mol. The van der Waals surface area contributed by atoms with Crippen molar-refractivity contribution in [3.05, 3.63) is 35.7 Å². The van der Waals surface area contributed by atoms with Crippen LogP contribution in [0.4, 0.5) is 10.8 Å². The number of aromatic nitrogens is 4. The number of anilines is 2. The highest BCUT2D eigenvalue weighted by Crippen LogP contribution is 2.17. The molecular formula is C10H10N6S. The van der Waals surface area contributed by atoms with Gasteiger partial charge in [-0.1, -0.05) is 23.5 Å². The molecule has 0 bridgehead atoms. The zero-order valence-corrected chi connectivity index (χ0v) is 9.68. The van der Waals surface area contributed by atoms with Gasteiger partial charge in [-0.2, -0.15) is 4.52 Å². The standard InChI is InChI=1S/C10H10N6S/c11-7-3-1-6(2-4-7)5-8-13-14-10-16(8)15-9(12)17-10/h1-4H,5,11H2,(H2,12,15). The molecule has 0 radical (unpaired) electrons. The number of nitrogens with two attached hydrogens (primary N) is 2. The highest BCUT2D eigenvalue weighted by Gasteiger charge is 2.10. The summed E-state index contributed by atoms with van der Waals surface area (Å²) in [7, 11) is 0. The number of hydrogen-bond acceptors (Lipinski definition) is 6. The largest absolute Gasteiger partial charge is 0.399 e. The molecule has 1 aromatic carbocycles. The van der Waals surface area contributed by atoms with E-state index >= 15 is 0 Å². The predicted octanol–water partition coefficient (Wildman–Crippen LogP) is 0.941. The third-order valence-corrected chi connectivity index (χ3v) is 3.14. The van der Waals surface area contributed by atoms with Crippen molar-refractivity contribution in [3.63, 3.8) is 0 Å². The molecule has 0 amide bonds. The van der Waals surface area contributed by atoms with Crippen LogP contribution < -0.4 is 11.5 Å². The molecule has 0 saturated heterocycles. The van der Waals surface area contributed by atoms with Crippen LogP contribution in [0.2, 0.25) is 0 Å². The van der Waals surface area contributed by atoms with Crippen LogP contribution in [0.25, 0.3) is 4.96 Å². The summed E-state index contributed by atoms with van der Waals surface area (Å²) in [6, 6.07) is 7.66. The molecule has 0 unspecified atom stereocenters. The summed E-state index contributed by atoms with van der Waals surface area (Å²) >= 11 is 1.32. The molecule has 4 N–H and O–H groups in total. The van der Waals surface area contributed by atoms with Crippen LogP contribution in [0.5, 0.6) is 0 Å². The molecule has 0 aliphatic carbocycles. The van der Waals surface area contributed by atoms with Crippen molar-refractivity contribution in [2.24, 2.45) is 0 Å². The molecule has 0 aliphatic heterocycles. The highest BCUT2D eigenvalue weighted by atomic mass is 32.1. The molecule has 86 valence electrons. The second kappa shape index (κ2) is 3.70. The first-order valence-corrected chi connectivity index (χ1v) is 5.85. The van der Waals surface area contributed by atoms with Crippen molar-refractivity contribution in [1.29, 1.82) is 0 Å². The third-order valence-electron chi connectivity index (χ3n) is 2.41. The first-order valence-electron chi connectivity index (χ1n) is 5.03. The first kappa shape index (κ1) is 10.0. The van der Waals surface area contributed by atoms with E-state index in [2.05, 4.69) is 15.3 Å². The van der Waals surface area contributed by atoms with E-state index < -0.39 is 0 Å². The fourth-order valence-corrected chi connectivity index (χ4v) is 2.22. The SMILES string of the molecule is Nc1ccc(Cc2nnc3sc(N)nn23)cc1. The minimum Gasteiger partial charge on any atom is -0.399 e. The lowest BCUT2D eigenvalue weighted by Crippen LogP contribution is -1.98. The first-order chi connectivity index (χ1) is 8.22. The lowest BCUT2D eigenvalue weighted by molar-refractivity contribution is 0.855. The lowest BCUT2D eigenvalue weighted by Gasteiger charge is -1.98. The van der Waals surface area contributed by atoms with Gasteiger partial charge in [-0.3, -0.25) is 0 Å². The summed E-state index contributed by atoms with van der Waals surface area (Å²) in [6.07, 6.45) is 0.657. The molecule has 2 aromatic heterocycles. The molecule has 2 heterocycles. The van der Waals surface area contributed by atoms with Crippen LogP contribution in [0.3, 0.4) is 0 Å². The molecule has 3 aromatic rings. The van der Waals surface area contributed by atoms with Gasteiger partial charge in [0.05, 0.1) is 0 Å². The minimum absolute atomic E-state index is 0.494. The van der Waals surface area contributed by atoms with Gasteiger partial charge >= 0.3 is 0 Å². The Morgan fingerprint density at radius 1 is 1.12 bits per heavy atom. The summed E-state index contributed by atoms with van der Waals surface area (Å²) in [5.74, 6) is 0.776. The Balaban J connectivity index is 1.96. The number of benzene rings is 1. The van der Waals surface area contributed by atoms with Gasteiger partial charge in [-0.25, -0.2) is 0 Å². The fourth-order valence-electron chi connectivity index (χ4n) is 1.60. The Hall–Kier alpha value is -2.15. The van der Waals surface area contributed by atoms with Crippen LogP contribution >= 0.6 is 11.3 Å². The second-order valence-corrected chi connectivity index (χ2v) is 4.66. The molecule has 3 rings (SSSR count). The van der Waals surface area contributed by atoms with Crippen LogP contribution in [-0.4, -0.2) is 19.8 Å². The highest BCUT2D eigenvalue weighted by molar-refractivity contribution is 7.20. The average molecular weight is 246 g/mol. The Bertz CT molecular complexity index is 653.